The number of aromatic nitrogens is 2. The van der Waals surface area contributed by atoms with E-state index in [4.69, 9.17) is 0 Å². The maximum absolute atomic E-state index is 12.5. The summed E-state index contributed by atoms with van der Waals surface area (Å²) >= 11 is 0. The lowest BCUT2D eigenvalue weighted by Crippen LogP contribution is -2.37. The van der Waals surface area contributed by atoms with Crippen LogP contribution in [0.3, 0.4) is 0 Å². The molecule has 1 aliphatic rings. The Morgan fingerprint density at radius 2 is 2.05 bits per heavy atom. The van der Waals surface area contributed by atoms with Crippen LogP contribution in [-0.2, 0) is 17.5 Å². The molecule has 2 rings (SSSR count). The highest BCUT2D eigenvalue weighted by Crippen LogP contribution is 2.26. The lowest BCUT2D eigenvalue weighted by atomic mass is 10.2. The summed E-state index contributed by atoms with van der Waals surface area (Å²) in [5.41, 5.74) is -1.72. The molecular formula is C11H12F3N3O2. The van der Waals surface area contributed by atoms with Gasteiger partial charge >= 0.3 is 6.18 Å². The topological polar surface area (TPSA) is 55.2 Å². The maximum Gasteiger partial charge on any atom is 0.435 e. The molecule has 0 radical (unpaired) electrons. The molecule has 0 N–H and O–H groups in total. The molecule has 1 atom stereocenters. The van der Waals surface area contributed by atoms with Crippen LogP contribution in [0.4, 0.5) is 13.2 Å². The highest BCUT2D eigenvalue weighted by atomic mass is 19.4. The lowest BCUT2D eigenvalue weighted by Gasteiger charge is -2.20. The highest BCUT2D eigenvalue weighted by molar-refractivity contribution is 5.78. The molecule has 2 heterocycles. The van der Waals surface area contributed by atoms with Gasteiger partial charge in [-0.25, -0.2) is 4.68 Å². The van der Waals surface area contributed by atoms with Gasteiger partial charge in [-0.3, -0.25) is 9.59 Å². The predicted molar refractivity (Wildman–Crippen MR) is 59.3 cm³/mol. The largest absolute Gasteiger partial charge is 0.435 e. The molecular weight excluding hydrogens is 263 g/mol. The highest BCUT2D eigenvalue weighted by Gasteiger charge is 2.34. The molecule has 1 saturated heterocycles. The Balaban J connectivity index is 2.25. The van der Waals surface area contributed by atoms with Gasteiger partial charge in [0, 0.05) is 19.5 Å². The fourth-order valence-corrected chi connectivity index (χ4v) is 2.01. The molecule has 1 aliphatic heterocycles. The smallest absolute Gasteiger partial charge is 0.341 e. The first-order valence-electron chi connectivity index (χ1n) is 5.70. The molecule has 0 bridgehead atoms. The molecule has 19 heavy (non-hydrogen) atoms. The van der Waals surface area contributed by atoms with Crippen molar-refractivity contribution in [2.24, 2.45) is 0 Å². The molecule has 1 aromatic heterocycles. The number of hydrogen-bond donors (Lipinski definition) is 0. The standard InChI is InChI=1S/C11H12F3N3O2/c1-16-7(2-4-9(16)18)6-17-10(19)5-3-8(15-17)11(12,13)14/h3,5,7H,2,4,6H2,1H3. The monoisotopic (exact) mass is 275 g/mol. The van der Waals surface area contributed by atoms with E-state index >= 15 is 0 Å². The summed E-state index contributed by atoms with van der Waals surface area (Å²) in [5.74, 6) is -0.0787. The Bertz CT molecular complexity index is 553. The van der Waals surface area contributed by atoms with Crippen molar-refractivity contribution in [2.45, 2.75) is 31.6 Å². The van der Waals surface area contributed by atoms with Crippen molar-refractivity contribution < 1.29 is 18.0 Å². The van der Waals surface area contributed by atoms with Crippen LogP contribution in [0.2, 0.25) is 0 Å². The molecule has 1 aromatic rings. The quantitative estimate of drug-likeness (QED) is 0.805. The second-order valence-electron chi connectivity index (χ2n) is 4.43. The van der Waals surface area contributed by atoms with Gasteiger partial charge in [-0.05, 0) is 12.5 Å². The van der Waals surface area contributed by atoms with Crippen LogP contribution in [0, 0.1) is 0 Å². The summed E-state index contributed by atoms with van der Waals surface area (Å²) in [5, 5.41) is 3.31. The fourth-order valence-electron chi connectivity index (χ4n) is 2.01. The van der Waals surface area contributed by atoms with Gasteiger partial charge in [0.05, 0.1) is 12.6 Å². The zero-order chi connectivity index (χ0) is 14.2. The van der Waals surface area contributed by atoms with E-state index in [1.54, 1.807) is 7.05 Å². The lowest BCUT2D eigenvalue weighted by molar-refractivity contribution is -0.142. The first-order chi connectivity index (χ1) is 8.79. The minimum atomic E-state index is -4.59. The van der Waals surface area contributed by atoms with E-state index in [1.165, 1.54) is 4.90 Å². The molecule has 1 amide bonds. The van der Waals surface area contributed by atoms with Crippen LogP contribution in [0.5, 0.6) is 0 Å². The van der Waals surface area contributed by atoms with Gasteiger partial charge in [-0.2, -0.15) is 18.3 Å². The number of hydrogen-bond acceptors (Lipinski definition) is 3. The number of alkyl halides is 3. The van der Waals surface area contributed by atoms with Crippen molar-refractivity contribution in [1.82, 2.24) is 14.7 Å². The van der Waals surface area contributed by atoms with E-state index in [1.807, 2.05) is 0 Å². The number of nitrogens with zero attached hydrogens (tertiary/aromatic N) is 3. The van der Waals surface area contributed by atoms with E-state index in [0.29, 0.717) is 18.9 Å². The number of halogens is 3. The van der Waals surface area contributed by atoms with Gasteiger partial charge < -0.3 is 4.90 Å². The number of carbonyl (C=O) groups is 1. The van der Waals surface area contributed by atoms with E-state index in [2.05, 4.69) is 5.10 Å². The summed E-state index contributed by atoms with van der Waals surface area (Å²) < 4.78 is 38.3. The Labute approximate surface area is 106 Å². The zero-order valence-electron chi connectivity index (χ0n) is 10.1. The molecule has 0 saturated carbocycles. The van der Waals surface area contributed by atoms with Crippen LogP contribution in [0.15, 0.2) is 16.9 Å². The summed E-state index contributed by atoms with van der Waals surface area (Å²) in [6.07, 6.45) is -3.73. The van der Waals surface area contributed by atoms with E-state index < -0.39 is 17.4 Å². The van der Waals surface area contributed by atoms with Gasteiger partial charge in [-0.15, -0.1) is 0 Å². The van der Waals surface area contributed by atoms with Gasteiger partial charge in [0.2, 0.25) is 5.91 Å². The molecule has 5 nitrogen and oxygen atoms in total. The summed E-state index contributed by atoms with van der Waals surface area (Å²) in [7, 11) is 1.57. The van der Waals surface area contributed by atoms with Crippen LogP contribution in [0.25, 0.3) is 0 Å². The average molecular weight is 275 g/mol. The molecule has 104 valence electrons. The molecule has 0 aliphatic carbocycles. The molecule has 1 fully saturated rings. The molecule has 0 spiro atoms. The average Bonchev–Trinajstić information content (AvgIpc) is 2.62. The third kappa shape index (κ3) is 2.77. The Morgan fingerprint density at radius 3 is 2.58 bits per heavy atom. The summed E-state index contributed by atoms with van der Waals surface area (Å²) in [6.45, 7) is -0.0228. The normalized spacial score (nSPS) is 20.1. The van der Waals surface area contributed by atoms with E-state index in [9.17, 15) is 22.8 Å². The zero-order valence-corrected chi connectivity index (χ0v) is 10.1. The van der Waals surface area contributed by atoms with E-state index in [0.717, 1.165) is 10.7 Å². The van der Waals surface area contributed by atoms with Crippen molar-refractivity contribution in [2.75, 3.05) is 7.05 Å². The minimum Gasteiger partial charge on any atom is -0.341 e. The van der Waals surface area contributed by atoms with Crippen molar-refractivity contribution in [3.05, 3.63) is 28.2 Å². The Hall–Kier alpha value is -1.86. The molecule has 8 heteroatoms. The van der Waals surface area contributed by atoms with Gasteiger partial charge in [0.15, 0.2) is 5.69 Å². The first-order valence-corrected chi connectivity index (χ1v) is 5.70. The van der Waals surface area contributed by atoms with Gasteiger partial charge in [0.25, 0.3) is 5.56 Å². The fraction of sp³-hybridized carbons (Fsp3) is 0.545. The minimum absolute atomic E-state index is 0.0228. The number of rotatable bonds is 2. The van der Waals surface area contributed by atoms with Crippen LogP contribution in [-0.4, -0.2) is 33.7 Å². The second-order valence-corrected chi connectivity index (χ2v) is 4.43. The summed E-state index contributed by atoms with van der Waals surface area (Å²) in [4.78, 5) is 24.3. The van der Waals surface area contributed by atoms with Crippen LogP contribution in [0.1, 0.15) is 18.5 Å². The second kappa shape index (κ2) is 4.67. The van der Waals surface area contributed by atoms with Gasteiger partial charge in [-0.1, -0.05) is 0 Å². The van der Waals surface area contributed by atoms with Crippen LogP contribution < -0.4 is 5.56 Å². The Kier molecular flexibility index (Phi) is 3.34. The van der Waals surface area contributed by atoms with Crippen molar-refractivity contribution >= 4 is 5.91 Å². The van der Waals surface area contributed by atoms with Crippen molar-refractivity contribution in [1.29, 1.82) is 0 Å². The van der Waals surface area contributed by atoms with Gasteiger partial charge in [0.1, 0.15) is 0 Å². The van der Waals surface area contributed by atoms with Crippen molar-refractivity contribution in [3.8, 4) is 0 Å². The third-order valence-corrected chi connectivity index (χ3v) is 3.17. The Morgan fingerprint density at radius 1 is 1.37 bits per heavy atom. The first kappa shape index (κ1) is 13.6. The number of carbonyl (C=O) groups excluding carboxylic acids is 1. The van der Waals surface area contributed by atoms with Crippen molar-refractivity contribution in [3.63, 3.8) is 0 Å². The molecule has 1 unspecified atom stereocenters. The number of likely N-dealkylation sites (tertiary alicyclic amines) is 1. The molecule has 0 aromatic carbocycles. The van der Waals surface area contributed by atoms with Crippen LogP contribution >= 0.6 is 0 Å². The maximum atomic E-state index is 12.5. The number of likely N-dealkylation sites (N-methyl/N-ethyl adjacent to an activating group) is 1. The number of amides is 1. The SMILES string of the molecule is CN1C(=O)CCC1Cn1nc(C(F)(F)F)ccc1=O. The van der Waals surface area contributed by atoms with E-state index in [-0.39, 0.29) is 18.5 Å². The third-order valence-electron chi connectivity index (χ3n) is 3.17. The predicted octanol–water partition coefficient (Wildman–Crippen LogP) is 0.883. The summed E-state index contributed by atoms with van der Waals surface area (Å²) in [6, 6.07) is 1.20.